The minimum Gasteiger partial charge on any atom is -0.497 e. The number of aryl methyl sites for hydroxylation is 2. The second kappa shape index (κ2) is 8.97. The Labute approximate surface area is 184 Å². The van der Waals surface area contributed by atoms with E-state index in [0.717, 1.165) is 38.8 Å². The lowest BCUT2D eigenvalue weighted by Gasteiger charge is -2.13. The number of carbonyl (C=O) groups is 1. The van der Waals surface area contributed by atoms with Crippen molar-refractivity contribution in [2.24, 2.45) is 0 Å². The topological polar surface area (TPSA) is 73.3 Å². The number of anilines is 1. The first-order valence-corrected chi connectivity index (χ1v) is 10.5. The number of benzene rings is 2. The summed E-state index contributed by atoms with van der Waals surface area (Å²) in [5, 5.41) is 3.38. The van der Waals surface area contributed by atoms with Crippen LogP contribution in [0.15, 0.2) is 67.1 Å². The highest BCUT2D eigenvalue weighted by Gasteiger charge is 2.13. The number of amides is 1. The van der Waals surface area contributed by atoms with E-state index in [4.69, 9.17) is 9.47 Å². The molecular weight excluding hydrogens is 410 g/mol. The van der Waals surface area contributed by atoms with Crippen LogP contribution in [0.2, 0.25) is 0 Å². The average molecular weight is 432 g/mol. The summed E-state index contributed by atoms with van der Waals surface area (Å²) in [7, 11) is 1.64. The standard InChI is InChI=1S/C24H21N3O3S/c1-15-12-18(13-16(2)22(15)30-20-6-4-19(29-3)5-7-20)21-14-26-24(31-21)27-23(28)17-8-10-25-11-9-17/h4-14H,1-3H3,(H,26,27,28). The van der Waals surface area contributed by atoms with E-state index in [1.165, 1.54) is 11.3 Å². The molecule has 2 aromatic carbocycles. The Bertz CT molecular complexity index is 1180. The largest absolute Gasteiger partial charge is 0.497 e. The van der Waals surface area contributed by atoms with Crippen LogP contribution >= 0.6 is 11.3 Å². The van der Waals surface area contributed by atoms with Gasteiger partial charge in [0.15, 0.2) is 5.13 Å². The molecule has 31 heavy (non-hydrogen) atoms. The number of hydrogen-bond donors (Lipinski definition) is 1. The molecule has 0 atom stereocenters. The van der Waals surface area contributed by atoms with Gasteiger partial charge in [-0.25, -0.2) is 4.98 Å². The van der Waals surface area contributed by atoms with Crippen molar-refractivity contribution in [3.05, 3.63) is 83.8 Å². The fraction of sp³-hybridized carbons (Fsp3) is 0.125. The van der Waals surface area contributed by atoms with Crippen molar-refractivity contribution in [1.82, 2.24) is 9.97 Å². The number of pyridine rings is 1. The maximum Gasteiger partial charge on any atom is 0.257 e. The maximum absolute atomic E-state index is 12.3. The zero-order chi connectivity index (χ0) is 21.8. The average Bonchev–Trinajstić information content (AvgIpc) is 3.25. The molecule has 0 fully saturated rings. The number of aromatic nitrogens is 2. The Morgan fingerprint density at radius 1 is 0.968 bits per heavy atom. The minimum absolute atomic E-state index is 0.209. The molecule has 0 bridgehead atoms. The van der Waals surface area contributed by atoms with E-state index < -0.39 is 0 Å². The van der Waals surface area contributed by atoms with Crippen LogP contribution in [0.4, 0.5) is 5.13 Å². The lowest BCUT2D eigenvalue weighted by molar-refractivity contribution is 0.102. The van der Waals surface area contributed by atoms with Crippen LogP contribution in [0.5, 0.6) is 17.2 Å². The first kappa shape index (κ1) is 20.6. The molecule has 1 amide bonds. The van der Waals surface area contributed by atoms with Crippen molar-refractivity contribution >= 4 is 22.4 Å². The summed E-state index contributed by atoms with van der Waals surface area (Å²) >= 11 is 1.43. The second-order valence-electron chi connectivity index (χ2n) is 6.94. The van der Waals surface area contributed by atoms with E-state index in [-0.39, 0.29) is 5.91 Å². The zero-order valence-corrected chi connectivity index (χ0v) is 18.2. The first-order chi connectivity index (χ1) is 15.0. The van der Waals surface area contributed by atoms with Crippen LogP contribution in [-0.4, -0.2) is 23.0 Å². The van der Waals surface area contributed by atoms with Crippen LogP contribution in [-0.2, 0) is 0 Å². The highest BCUT2D eigenvalue weighted by Crippen LogP contribution is 2.36. The summed E-state index contributed by atoms with van der Waals surface area (Å²) < 4.78 is 11.3. The van der Waals surface area contributed by atoms with Gasteiger partial charge in [0.05, 0.1) is 12.0 Å². The van der Waals surface area contributed by atoms with E-state index in [2.05, 4.69) is 27.4 Å². The number of carbonyl (C=O) groups excluding carboxylic acids is 1. The number of hydrogen-bond acceptors (Lipinski definition) is 6. The van der Waals surface area contributed by atoms with Crippen LogP contribution < -0.4 is 14.8 Å². The summed E-state index contributed by atoms with van der Waals surface area (Å²) in [5.41, 5.74) is 3.60. The van der Waals surface area contributed by atoms with Crippen LogP contribution in [0.3, 0.4) is 0 Å². The smallest absolute Gasteiger partial charge is 0.257 e. The number of nitrogens with zero attached hydrogens (tertiary/aromatic N) is 2. The van der Waals surface area contributed by atoms with Gasteiger partial charge in [-0.2, -0.15) is 0 Å². The van der Waals surface area contributed by atoms with Gasteiger partial charge in [0.1, 0.15) is 17.2 Å². The predicted molar refractivity (Wildman–Crippen MR) is 122 cm³/mol. The summed E-state index contributed by atoms with van der Waals surface area (Å²) in [6.45, 7) is 4.03. The van der Waals surface area contributed by atoms with Crippen molar-refractivity contribution < 1.29 is 14.3 Å². The third kappa shape index (κ3) is 4.73. The Balaban J connectivity index is 1.52. The molecule has 0 saturated carbocycles. The number of ether oxygens (including phenoxy) is 2. The molecule has 156 valence electrons. The molecule has 0 aliphatic rings. The van der Waals surface area contributed by atoms with Gasteiger partial charge < -0.3 is 9.47 Å². The van der Waals surface area contributed by atoms with Crippen molar-refractivity contribution in [2.75, 3.05) is 12.4 Å². The van der Waals surface area contributed by atoms with Crippen molar-refractivity contribution in [3.8, 4) is 27.7 Å². The maximum atomic E-state index is 12.3. The normalized spacial score (nSPS) is 10.5. The summed E-state index contributed by atoms with van der Waals surface area (Å²) in [5.74, 6) is 2.15. The Kier molecular flexibility index (Phi) is 5.95. The lowest BCUT2D eigenvalue weighted by Crippen LogP contribution is -2.11. The van der Waals surface area contributed by atoms with Crippen molar-refractivity contribution in [1.29, 1.82) is 0 Å². The van der Waals surface area contributed by atoms with Gasteiger partial charge in [0.25, 0.3) is 5.91 Å². The van der Waals surface area contributed by atoms with E-state index in [0.29, 0.717) is 10.7 Å². The number of methoxy groups -OCH3 is 1. The van der Waals surface area contributed by atoms with Crippen molar-refractivity contribution in [3.63, 3.8) is 0 Å². The monoisotopic (exact) mass is 431 g/mol. The molecule has 6 nitrogen and oxygen atoms in total. The van der Waals surface area contributed by atoms with Gasteiger partial charge in [0, 0.05) is 24.2 Å². The summed E-state index contributed by atoms with van der Waals surface area (Å²) in [6.07, 6.45) is 4.94. The molecular formula is C24H21N3O3S. The third-order valence-corrected chi connectivity index (χ3v) is 5.65. The summed E-state index contributed by atoms with van der Waals surface area (Å²) in [4.78, 5) is 21.6. The molecule has 4 rings (SSSR count). The minimum atomic E-state index is -0.209. The summed E-state index contributed by atoms with van der Waals surface area (Å²) in [6, 6.07) is 15.0. The second-order valence-corrected chi connectivity index (χ2v) is 7.97. The fourth-order valence-electron chi connectivity index (χ4n) is 3.15. The molecule has 7 heteroatoms. The Morgan fingerprint density at radius 2 is 1.61 bits per heavy atom. The van der Waals surface area contributed by atoms with Gasteiger partial charge in [-0.3, -0.25) is 15.1 Å². The van der Waals surface area contributed by atoms with Gasteiger partial charge in [-0.05, 0) is 79.1 Å². The molecule has 1 N–H and O–H groups in total. The molecule has 0 aliphatic heterocycles. The molecule has 0 saturated heterocycles. The van der Waals surface area contributed by atoms with E-state index in [9.17, 15) is 4.79 Å². The number of rotatable bonds is 6. The van der Waals surface area contributed by atoms with Crippen LogP contribution in [0.1, 0.15) is 21.5 Å². The highest BCUT2D eigenvalue weighted by molar-refractivity contribution is 7.19. The molecule has 0 radical (unpaired) electrons. The SMILES string of the molecule is COc1ccc(Oc2c(C)cc(-c3cnc(NC(=O)c4ccncc4)s3)cc2C)cc1. The zero-order valence-electron chi connectivity index (χ0n) is 17.4. The Morgan fingerprint density at radius 3 is 2.26 bits per heavy atom. The quantitative estimate of drug-likeness (QED) is 0.413. The highest BCUT2D eigenvalue weighted by atomic mass is 32.1. The van der Waals surface area contributed by atoms with Crippen LogP contribution in [0.25, 0.3) is 10.4 Å². The molecule has 2 heterocycles. The van der Waals surface area contributed by atoms with E-state index >= 15 is 0 Å². The number of nitrogens with one attached hydrogen (secondary N) is 1. The van der Waals surface area contributed by atoms with Gasteiger partial charge in [-0.15, -0.1) is 0 Å². The van der Waals surface area contributed by atoms with Crippen LogP contribution in [0, 0.1) is 13.8 Å². The molecule has 4 aromatic rings. The molecule has 2 aromatic heterocycles. The molecule has 0 aliphatic carbocycles. The van der Waals surface area contributed by atoms with Gasteiger partial charge in [-0.1, -0.05) is 11.3 Å². The third-order valence-electron chi connectivity index (χ3n) is 4.69. The first-order valence-electron chi connectivity index (χ1n) is 9.64. The molecule has 0 unspecified atom stereocenters. The predicted octanol–water partition coefficient (Wildman–Crippen LogP) is 5.88. The Hall–Kier alpha value is -3.71. The lowest BCUT2D eigenvalue weighted by atomic mass is 10.0. The van der Waals surface area contributed by atoms with E-state index in [1.54, 1.807) is 37.8 Å². The fourth-order valence-corrected chi connectivity index (χ4v) is 3.95. The number of thiazole rings is 1. The van der Waals surface area contributed by atoms with Crippen molar-refractivity contribution in [2.45, 2.75) is 13.8 Å². The van der Waals surface area contributed by atoms with Gasteiger partial charge in [0.2, 0.25) is 0 Å². The van der Waals surface area contributed by atoms with E-state index in [1.807, 2.05) is 38.1 Å². The van der Waals surface area contributed by atoms with Gasteiger partial charge >= 0.3 is 0 Å². The molecule has 0 spiro atoms.